The molecule has 0 aliphatic carbocycles. The van der Waals surface area contributed by atoms with Crippen molar-refractivity contribution >= 4 is 11.8 Å². The molecule has 0 fully saturated rings. The van der Waals surface area contributed by atoms with Crippen molar-refractivity contribution in [1.29, 1.82) is 0 Å². The van der Waals surface area contributed by atoms with Crippen molar-refractivity contribution in [2.45, 2.75) is 13.5 Å². The number of ether oxygens (including phenoxy) is 1. The van der Waals surface area contributed by atoms with Crippen molar-refractivity contribution in [3.05, 3.63) is 64.7 Å². The third kappa shape index (κ3) is 3.46. The number of halogens is 2. The average Bonchev–Trinajstić information content (AvgIpc) is 2.46. The smallest absolute Gasteiger partial charge is 0.335 e. The number of carboxylic acids is 1. The van der Waals surface area contributed by atoms with Gasteiger partial charge in [-0.1, -0.05) is 6.07 Å². The number of carboxylic acid groups (broad SMARTS) is 1. The summed E-state index contributed by atoms with van der Waals surface area (Å²) in [5.41, 5.74) is 0.125. The number of hydrogen-bond acceptors (Lipinski definition) is 3. The quantitative estimate of drug-likeness (QED) is 0.859. The van der Waals surface area contributed by atoms with E-state index in [2.05, 4.69) is 0 Å². The molecule has 0 bridgehead atoms. The Labute approximate surface area is 125 Å². The number of rotatable bonds is 5. The molecule has 0 heterocycles. The van der Waals surface area contributed by atoms with Crippen LogP contribution in [0, 0.1) is 11.6 Å². The van der Waals surface area contributed by atoms with Crippen LogP contribution in [0.1, 0.15) is 33.2 Å². The molecule has 2 rings (SSSR count). The molecule has 0 atom stereocenters. The molecule has 0 spiro atoms. The monoisotopic (exact) mass is 306 g/mol. The van der Waals surface area contributed by atoms with Gasteiger partial charge in [0.15, 0.2) is 17.3 Å². The molecule has 2 aromatic rings. The first-order chi connectivity index (χ1) is 10.4. The second kappa shape index (κ2) is 6.34. The Morgan fingerprint density at radius 3 is 2.23 bits per heavy atom. The van der Waals surface area contributed by atoms with Crippen LogP contribution in [-0.2, 0) is 6.61 Å². The Hall–Kier alpha value is -2.76. The summed E-state index contributed by atoms with van der Waals surface area (Å²) in [4.78, 5) is 21.8. The lowest BCUT2D eigenvalue weighted by Crippen LogP contribution is -2.03. The summed E-state index contributed by atoms with van der Waals surface area (Å²) in [5, 5.41) is 8.74. The van der Waals surface area contributed by atoms with Gasteiger partial charge in [-0.15, -0.1) is 0 Å². The van der Waals surface area contributed by atoms with Crippen molar-refractivity contribution in [3.8, 4) is 5.75 Å². The standard InChI is InChI=1S/C16H12F2O4/c1-9(19)10-4-5-15(14(18)6-10)22-8-12-3-2-11(16(20)21)7-13(12)17/h2-7H,8H2,1H3,(H,20,21). The maximum atomic E-state index is 13.7. The Kier molecular flexibility index (Phi) is 4.50. The van der Waals surface area contributed by atoms with Gasteiger partial charge in [0, 0.05) is 11.1 Å². The lowest BCUT2D eigenvalue weighted by molar-refractivity contribution is 0.0696. The molecular formula is C16H12F2O4. The third-order valence-electron chi connectivity index (χ3n) is 3.02. The number of aromatic carboxylic acids is 1. The normalized spacial score (nSPS) is 10.3. The molecule has 0 unspecified atom stereocenters. The zero-order valence-corrected chi connectivity index (χ0v) is 11.6. The Bertz CT molecular complexity index is 677. The van der Waals surface area contributed by atoms with Gasteiger partial charge in [-0.25, -0.2) is 13.6 Å². The second-order valence-corrected chi connectivity index (χ2v) is 4.60. The summed E-state index contributed by atoms with van der Waals surface area (Å²) in [6.45, 7) is 1.05. The van der Waals surface area contributed by atoms with Crippen LogP contribution in [-0.4, -0.2) is 16.9 Å². The van der Waals surface area contributed by atoms with Crippen LogP contribution < -0.4 is 4.74 Å². The Morgan fingerprint density at radius 2 is 1.68 bits per heavy atom. The topological polar surface area (TPSA) is 63.6 Å². The molecule has 4 nitrogen and oxygen atoms in total. The van der Waals surface area contributed by atoms with E-state index in [1.807, 2.05) is 0 Å². The fourth-order valence-electron chi connectivity index (χ4n) is 1.79. The van der Waals surface area contributed by atoms with Gasteiger partial charge >= 0.3 is 5.97 Å². The first-order valence-electron chi connectivity index (χ1n) is 6.33. The predicted octanol–water partition coefficient (Wildman–Crippen LogP) is 3.44. The number of hydrogen-bond donors (Lipinski definition) is 1. The Morgan fingerprint density at radius 1 is 1.05 bits per heavy atom. The molecule has 1 N–H and O–H groups in total. The van der Waals surface area contributed by atoms with Crippen LogP contribution in [0.2, 0.25) is 0 Å². The van der Waals surface area contributed by atoms with Gasteiger partial charge in [-0.05, 0) is 37.3 Å². The largest absolute Gasteiger partial charge is 0.486 e. The van der Waals surface area contributed by atoms with Crippen LogP contribution in [0.4, 0.5) is 8.78 Å². The van der Waals surface area contributed by atoms with Crippen molar-refractivity contribution in [2.24, 2.45) is 0 Å². The maximum absolute atomic E-state index is 13.7. The van der Waals surface area contributed by atoms with E-state index in [9.17, 15) is 18.4 Å². The van der Waals surface area contributed by atoms with E-state index in [1.54, 1.807) is 0 Å². The van der Waals surface area contributed by atoms with E-state index in [-0.39, 0.29) is 34.8 Å². The number of ketones is 1. The molecule has 0 aromatic heterocycles. The second-order valence-electron chi connectivity index (χ2n) is 4.60. The van der Waals surface area contributed by atoms with Crippen molar-refractivity contribution in [1.82, 2.24) is 0 Å². The van der Waals surface area contributed by atoms with Crippen LogP contribution in [0.5, 0.6) is 5.75 Å². The summed E-state index contributed by atoms with van der Waals surface area (Å²) in [6.07, 6.45) is 0. The molecule has 0 saturated carbocycles. The summed E-state index contributed by atoms with van der Waals surface area (Å²) >= 11 is 0. The molecule has 22 heavy (non-hydrogen) atoms. The minimum atomic E-state index is -1.24. The molecule has 6 heteroatoms. The van der Waals surface area contributed by atoms with Gasteiger partial charge in [-0.3, -0.25) is 4.79 Å². The molecular weight excluding hydrogens is 294 g/mol. The van der Waals surface area contributed by atoms with Gasteiger partial charge in [-0.2, -0.15) is 0 Å². The molecule has 0 radical (unpaired) electrons. The summed E-state index contributed by atoms with van der Waals surface area (Å²) in [7, 11) is 0. The van der Waals surface area contributed by atoms with Gasteiger partial charge < -0.3 is 9.84 Å². The molecule has 0 aliphatic rings. The van der Waals surface area contributed by atoms with Gasteiger partial charge in [0.2, 0.25) is 0 Å². The van der Waals surface area contributed by atoms with Crippen LogP contribution in [0.3, 0.4) is 0 Å². The zero-order chi connectivity index (χ0) is 16.3. The molecule has 114 valence electrons. The fraction of sp³-hybridized carbons (Fsp3) is 0.125. The highest BCUT2D eigenvalue weighted by Gasteiger charge is 2.11. The maximum Gasteiger partial charge on any atom is 0.335 e. The van der Waals surface area contributed by atoms with E-state index in [0.717, 1.165) is 12.1 Å². The minimum Gasteiger partial charge on any atom is -0.486 e. The molecule has 2 aromatic carbocycles. The highest BCUT2D eigenvalue weighted by atomic mass is 19.1. The molecule has 0 aliphatic heterocycles. The highest BCUT2D eigenvalue weighted by molar-refractivity contribution is 5.94. The number of Topliss-reactive ketones (excluding diaryl/α,β-unsaturated/α-hetero) is 1. The van der Waals surface area contributed by atoms with Crippen LogP contribution in [0.25, 0.3) is 0 Å². The van der Waals surface area contributed by atoms with Crippen LogP contribution >= 0.6 is 0 Å². The van der Waals surface area contributed by atoms with E-state index >= 15 is 0 Å². The van der Waals surface area contributed by atoms with E-state index in [0.29, 0.717) is 0 Å². The summed E-state index contributed by atoms with van der Waals surface area (Å²) in [5.74, 6) is -3.11. The predicted molar refractivity (Wildman–Crippen MR) is 74.1 cm³/mol. The average molecular weight is 306 g/mol. The number of carbonyl (C=O) groups excluding carboxylic acids is 1. The fourth-order valence-corrected chi connectivity index (χ4v) is 1.79. The summed E-state index contributed by atoms with van der Waals surface area (Å²) < 4.78 is 32.6. The molecule has 0 amide bonds. The van der Waals surface area contributed by atoms with Crippen LogP contribution in [0.15, 0.2) is 36.4 Å². The zero-order valence-electron chi connectivity index (χ0n) is 11.6. The van der Waals surface area contributed by atoms with Crippen molar-refractivity contribution in [3.63, 3.8) is 0 Å². The molecule has 0 saturated heterocycles. The first kappa shape index (κ1) is 15.6. The van der Waals surface area contributed by atoms with Gasteiger partial charge in [0.05, 0.1) is 5.56 Å². The SMILES string of the molecule is CC(=O)c1ccc(OCc2ccc(C(=O)O)cc2F)c(F)c1. The lowest BCUT2D eigenvalue weighted by atomic mass is 10.1. The van der Waals surface area contributed by atoms with Gasteiger partial charge in [0.25, 0.3) is 0 Å². The van der Waals surface area contributed by atoms with E-state index in [4.69, 9.17) is 9.84 Å². The number of benzene rings is 2. The highest BCUT2D eigenvalue weighted by Crippen LogP contribution is 2.21. The first-order valence-corrected chi connectivity index (χ1v) is 6.33. The van der Waals surface area contributed by atoms with Crippen molar-refractivity contribution in [2.75, 3.05) is 0 Å². The minimum absolute atomic E-state index is 0.0973. The van der Waals surface area contributed by atoms with Gasteiger partial charge in [0.1, 0.15) is 12.4 Å². The lowest BCUT2D eigenvalue weighted by Gasteiger charge is -2.09. The van der Waals surface area contributed by atoms with E-state index < -0.39 is 17.6 Å². The summed E-state index contributed by atoms with van der Waals surface area (Å²) in [6, 6.07) is 7.11. The third-order valence-corrected chi connectivity index (χ3v) is 3.02. The van der Waals surface area contributed by atoms with E-state index in [1.165, 1.54) is 31.2 Å². The van der Waals surface area contributed by atoms with Crippen molar-refractivity contribution < 1.29 is 28.2 Å². The Balaban J connectivity index is 2.13. The number of carbonyl (C=O) groups is 2.